The van der Waals surface area contributed by atoms with E-state index < -0.39 is 6.29 Å². The van der Waals surface area contributed by atoms with Gasteiger partial charge >= 0.3 is 0 Å². The van der Waals surface area contributed by atoms with Crippen molar-refractivity contribution in [2.75, 3.05) is 46.2 Å². The van der Waals surface area contributed by atoms with Crippen LogP contribution in [-0.2, 0) is 18.9 Å². The van der Waals surface area contributed by atoms with Crippen LogP contribution in [0.2, 0.25) is 0 Å². The number of hydrogen-bond donors (Lipinski definition) is 1. The van der Waals surface area contributed by atoms with Crippen molar-refractivity contribution in [2.24, 2.45) is 0 Å². The standard InChI is InChI=1S/C12H26O5/c1-3-4-5-14-6-7-15-8-9-16-10-11-17-12(2)13/h12-13H,3-11H2,1-2H3. The lowest BCUT2D eigenvalue weighted by molar-refractivity contribution is -0.102. The van der Waals surface area contributed by atoms with Crippen molar-refractivity contribution >= 4 is 0 Å². The quantitative estimate of drug-likeness (QED) is 0.393. The lowest BCUT2D eigenvalue weighted by Crippen LogP contribution is -2.14. The smallest absolute Gasteiger partial charge is 0.151 e. The summed E-state index contributed by atoms with van der Waals surface area (Å²) < 4.78 is 20.8. The van der Waals surface area contributed by atoms with Gasteiger partial charge in [-0.1, -0.05) is 13.3 Å². The molecule has 0 aromatic rings. The Bertz CT molecular complexity index is 141. The number of rotatable bonds is 13. The molecule has 0 saturated heterocycles. The van der Waals surface area contributed by atoms with Crippen LogP contribution in [0.15, 0.2) is 0 Å². The lowest BCUT2D eigenvalue weighted by Gasteiger charge is -2.08. The minimum absolute atomic E-state index is 0.401. The first-order chi connectivity index (χ1) is 8.27. The summed E-state index contributed by atoms with van der Waals surface area (Å²) >= 11 is 0. The van der Waals surface area contributed by atoms with Gasteiger partial charge in [-0.25, -0.2) is 0 Å². The number of aliphatic hydroxyl groups is 1. The molecule has 0 aliphatic rings. The summed E-state index contributed by atoms with van der Waals surface area (Å²) in [6.45, 7) is 7.75. The highest BCUT2D eigenvalue weighted by molar-refractivity contribution is 4.36. The maximum absolute atomic E-state index is 8.80. The van der Waals surface area contributed by atoms with Crippen molar-refractivity contribution in [3.05, 3.63) is 0 Å². The van der Waals surface area contributed by atoms with E-state index >= 15 is 0 Å². The van der Waals surface area contributed by atoms with Crippen molar-refractivity contribution in [1.82, 2.24) is 0 Å². The van der Waals surface area contributed by atoms with Crippen LogP contribution in [0.3, 0.4) is 0 Å². The van der Waals surface area contributed by atoms with Gasteiger partial charge in [0.2, 0.25) is 0 Å². The van der Waals surface area contributed by atoms with Gasteiger partial charge in [-0.2, -0.15) is 0 Å². The van der Waals surface area contributed by atoms with Crippen molar-refractivity contribution in [3.8, 4) is 0 Å². The van der Waals surface area contributed by atoms with Gasteiger partial charge in [0.15, 0.2) is 6.29 Å². The van der Waals surface area contributed by atoms with Gasteiger partial charge in [0.25, 0.3) is 0 Å². The molecule has 0 aromatic carbocycles. The summed E-state index contributed by atoms with van der Waals surface area (Å²) in [4.78, 5) is 0. The van der Waals surface area contributed by atoms with E-state index in [1.165, 1.54) is 0 Å². The Balaban J connectivity index is 2.89. The number of ether oxygens (including phenoxy) is 4. The third-order valence-corrected chi connectivity index (χ3v) is 1.97. The average molecular weight is 250 g/mol. The van der Waals surface area contributed by atoms with Crippen molar-refractivity contribution in [3.63, 3.8) is 0 Å². The molecule has 0 spiro atoms. The molecule has 5 nitrogen and oxygen atoms in total. The lowest BCUT2D eigenvalue weighted by atomic mass is 10.4. The number of unbranched alkanes of at least 4 members (excludes halogenated alkanes) is 1. The molecule has 0 rings (SSSR count). The fourth-order valence-corrected chi connectivity index (χ4v) is 1.07. The molecule has 0 aliphatic carbocycles. The van der Waals surface area contributed by atoms with Crippen molar-refractivity contribution < 1.29 is 24.1 Å². The summed E-state index contributed by atoms with van der Waals surface area (Å²) in [6.07, 6.45) is 1.53. The monoisotopic (exact) mass is 250 g/mol. The second kappa shape index (κ2) is 13.9. The predicted molar refractivity (Wildman–Crippen MR) is 65.0 cm³/mol. The molecule has 0 aromatic heterocycles. The van der Waals surface area contributed by atoms with Gasteiger partial charge in [-0.3, -0.25) is 0 Å². The average Bonchev–Trinajstić information content (AvgIpc) is 2.30. The summed E-state index contributed by atoms with van der Waals surface area (Å²) in [5.41, 5.74) is 0. The topological polar surface area (TPSA) is 57.2 Å². The van der Waals surface area contributed by atoms with Gasteiger partial charge < -0.3 is 24.1 Å². The molecule has 0 radical (unpaired) electrons. The Morgan fingerprint density at radius 3 is 1.76 bits per heavy atom. The molecule has 1 unspecified atom stereocenters. The van der Waals surface area contributed by atoms with E-state index in [9.17, 15) is 0 Å². The second-order valence-corrected chi connectivity index (χ2v) is 3.66. The molecule has 5 heteroatoms. The first kappa shape index (κ1) is 16.8. The molecular weight excluding hydrogens is 224 g/mol. The highest BCUT2D eigenvalue weighted by Gasteiger charge is 1.94. The third-order valence-electron chi connectivity index (χ3n) is 1.97. The molecule has 0 amide bonds. The third kappa shape index (κ3) is 15.8. The summed E-state index contributed by atoms with van der Waals surface area (Å²) in [5, 5.41) is 8.80. The fourth-order valence-electron chi connectivity index (χ4n) is 1.07. The van der Waals surface area contributed by atoms with Gasteiger partial charge in [-0.15, -0.1) is 0 Å². The largest absolute Gasteiger partial charge is 0.379 e. The zero-order valence-electron chi connectivity index (χ0n) is 11.0. The summed E-state index contributed by atoms with van der Waals surface area (Å²) in [7, 11) is 0. The minimum atomic E-state index is -0.727. The van der Waals surface area contributed by atoms with Crippen LogP contribution < -0.4 is 0 Å². The maximum Gasteiger partial charge on any atom is 0.151 e. The van der Waals surface area contributed by atoms with Crippen molar-refractivity contribution in [2.45, 2.75) is 33.0 Å². The van der Waals surface area contributed by atoms with Gasteiger partial charge in [-0.05, 0) is 13.3 Å². The van der Waals surface area contributed by atoms with Gasteiger partial charge in [0.1, 0.15) is 0 Å². The second-order valence-electron chi connectivity index (χ2n) is 3.66. The first-order valence-corrected chi connectivity index (χ1v) is 6.30. The summed E-state index contributed by atoms with van der Waals surface area (Å²) in [5.74, 6) is 0. The molecule has 1 atom stereocenters. The summed E-state index contributed by atoms with van der Waals surface area (Å²) in [6, 6.07) is 0. The van der Waals surface area contributed by atoms with Crippen LogP contribution in [0.4, 0.5) is 0 Å². The number of hydrogen-bond acceptors (Lipinski definition) is 5. The minimum Gasteiger partial charge on any atom is -0.379 e. The fraction of sp³-hybridized carbons (Fsp3) is 1.00. The van der Waals surface area contributed by atoms with Crippen LogP contribution in [0.5, 0.6) is 0 Å². The molecule has 0 fully saturated rings. The molecule has 104 valence electrons. The first-order valence-electron chi connectivity index (χ1n) is 6.30. The van der Waals surface area contributed by atoms with Crippen LogP contribution in [0.1, 0.15) is 26.7 Å². The Morgan fingerprint density at radius 2 is 1.29 bits per heavy atom. The Labute approximate surface area is 104 Å². The van der Waals surface area contributed by atoms with Crippen LogP contribution in [-0.4, -0.2) is 57.6 Å². The molecule has 0 heterocycles. The van der Waals surface area contributed by atoms with Gasteiger partial charge in [0, 0.05) is 6.61 Å². The van der Waals surface area contributed by atoms with E-state index in [0.717, 1.165) is 19.4 Å². The van der Waals surface area contributed by atoms with E-state index in [0.29, 0.717) is 39.6 Å². The van der Waals surface area contributed by atoms with E-state index in [1.807, 2.05) is 0 Å². The molecule has 0 saturated carbocycles. The van der Waals surface area contributed by atoms with Crippen LogP contribution in [0, 0.1) is 0 Å². The predicted octanol–water partition coefficient (Wildman–Crippen LogP) is 1.19. The van der Waals surface area contributed by atoms with Crippen LogP contribution in [0.25, 0.3) is 0 Å². The highest BCUT2D eigenvalue weighted by Crippen LogP contribution is 1.88. The highest BCUT2D eigenvalue weighted by atomic mass is 16.6. The maximum atomic E-state index is 8.80. The van der Waals surface area contributed by atoms with E-state index in [1.54, 1.807) is 6.92 Å². The molecule has 17 heavy (non-hydrogen) atoms. The van der Waals surface area contributed by atoms with E-state index in [-0.39, 0.29) is 0 Å². The number of aliphatic hydroxyl groups excluding tert-OH is 1. The molecule has 0 bridgehead atoms. The van der Waals surface area contributed by atoms with Crippen LogP contribution >= 0.6 is 0 Å². The Hall–Kier alpha value is -0.200. The Kier molecular flexibility index (Phi) is 13.7. The molecule has 1 N–H and O–H groups in total. The zero-order chi connectivity index (χ0) is 12.8. The SMILES string of the molecule is CCCCOCCOCCOCCOC(C)O. The molecule has 0 aliphatic heterocycles. The van der Waals surface area contributed by atoms with Gasteiger partial charge in [0.05, 0.1) is 39.6 Å². The van der Waals surface area contributed by atoms with Crippen molar-refractivity contribution in [1.29, 1.82) is 0 Å². The zero-order valence-corrected chi connectivity index (χ0v) is 11.0. The normalized spacial score (nSPS) is 12.9. The molecular formula is C12H26O5. The van der Waals surface area contributed by atoms with E-state index in [2.05, 4.69) is 6.92 Å². The Morgan fingerprint density at radius 1 is 0.824 bits per heavy atom. The van der Waals surface area contributed by atoms with E-state index in [4.69, 9.17) is 24.1 Å².